The number of anilines is 1. The van der Waals surface area contributed by atoms with Crippen molar-refractivity contribution in [3.63, 3.8) is 0 Å². The van der Waals surface area contributed by atoms with E-state index in [4.69, 9.17) is 10.5 Å². The molecule has 1 aliphatic carbocycles. The molecule has 0 aromatic heterocycles. The summed E-state index contributed by atoms with van der Waals surface area (Å²) in [6.45, 7) is 4.14. The lowest BCUT2D eigenvalue weighted by Crippen LogP contribution is -2.36. The second kappa shape index (κ2) is 7.32. The number of ether oxygens (including phenoxy) is 1. The molecule has 5 heteroatoms. The summed E-state index contributed by atoms with van der Waals surface area (Å²) in [5, 5.41) is 0. The number of morpholine rings is 1. The van der Waals surface area contributed by atoms with Crippen molar-refractivity contribution in [2.24, 2.45) is 11.7 Å². The Morgan fingerprint density at radius 2 is 1.96 bits per heavy atom. The largest absolute Gasteiger partial charge is 0.378 e. The number of hydrogen-bond donors (Lipinski definition) is 1. The topological polar surface area (TPSA) is 58.8 Å². The SMILES string of the molecule is CN(Cc1ccc(N2CCOCC2)cc1)C(=O)[C@H]1CC[C@@H](N)C1. The molecule has 1 aromatic rings. The van der Waals surface area contributed by atoms with E-state index in [1.165, 1.54) is 11.3 Å². The van der Waals surface area contributed by atoms with Crippen LogP contribution in [0.2, 0.25) is 0 Å². The number of hydrogen-bond acceptors (Lipinski definition) is 4. The first-order valence-electron chi connectivity index (χ1n) is 8.55. The summed E-state index contributed by atoms with van der Waals surface area (Å²) < 4.78 is 5.39. The zero-order chi connectivity index (χ0) is 16.2. The summed E-state index contributed by atoms with van der Waals surface area (Å²) >= 11 is 0. The molecule has 2 aliphatic rings. The van der Waals surface area contributed by atoms with Gasteiger partial charge < -0.3 is 20.3 Å². The van der Waals surface area contributed by atoms with Crippen molar-refractivity contribution >= 4 is 11.6 Å². The Hall–Kier alpha value is -1.59. The van der Waals surface area contributed by atoms with E-state index in [0.29, 0.717) is 6.54 Å². The molecule has 0 unspecified atom stereocenters. The molecule has 1 amide bonds. The van der Waals surface area contributed by atoms with Crippen LogP contribution in [-0.4, -0.2) is 50.2 Å². The molecule has 3 rings (SSSR count). The molecule has 0 spiro atoms. The summed E-state index contributed by atoms with van der Waals surface area (Å²) in [5.41, 5.74) is 8.32. The number of amides is 1. The molecule has 2 atom stereocenters. The van der Waals surface area contributed by atoms with Crippen molar-refractivity contribution in [3.8, 4) is 0 Å². The number of rotatable bonds is 4. The predicted octanol–water partition coefficient (Wildman–Crippen LogP) is 1.61. The average molecular weight is 317 g/mol. The minimum Gasteiger partial charge on any atom is -0.378 e. The van der Waals surface area contributed by atoms with Gasteiger partial charge in [0.2, 0.25) is 5.91 Å². The third kappa shape index (κ3) is 4.03. The van der Waals surface area contributed by atoms with Gasteiger partial charge in [0.05, 0.1) is 13.2 Å². The van der Waals surface area contributed by atoms with Crippen LogP contribution in [0.1, 0.15) is 24.8 Å². The minimum atomic E-state index is 0.114. The molecule has 2 N–H and O–H groups in total. The summed E-state index contributed by atoms with van der Waals surface area (Å²) in [5.74, 6) is 0.345. The molecule has 1 saturated heterocycles. The normalized spacial score (nSPS) is 24.7. The number of benzene rings is 1. The van der Waals surface area contributed by atoms with E-state index in [9.17, 15) is 4.79 Å². The Bertz CT molecular complexity index is 526. The van der Waals surface area contributed by atoms with Crippen LogP contribution in [0.3, 0.4) is 0 Å². The number of nitrogens with two attached hydrogens (primary N) is 1. The minimum absolute atomic E-state index is 0.114. The lowest BCUT2D eigenvalue weighted by atomic mass is 10.1. The van der Waals surface area contributed by atoms with Crippen LogP contribution in [0, 0.1) is 5.92 Å². The Morgan fingerprint density at radius 3 is 2.57 bits per heavy atom. The van der Waals surface area contributed by atoms with Crippen LogP contribution in [-0.2, 0) is 16.1 Å². The van der Waals surface area contributed by atoms with Gasteiger partial charge in [0, 0.05) is 44.3 Å². The van der Waals surface area contributed by atoms with Gasteiger partial charge in [-0.25, -0.2) is 0 Å². The highest BCUT2D eigenvalue weighted by molar-refractivity contribution is 5.79. The molecule has 1 aromatic carbocycles. The van der Waals surface area contributed by atoms with E-state index in [-0.39, 0.29) is 17.9 Å². The van der Waals surface area contributed by atoms with E-state index in [1.54, 1.807) is 0 Å². The van der Waals surface area contributed by atoms with E-state index < -0.39 is 0 Å². The van der Waals surface area contributed by atoms with Gasteiger partial charge in [-0.15, -0.1) is 0 Å². The molecule has 1 saturated carbocycles. The highest BCUT2D eigenvalue weighted by Crippen LogP contribution is 2.26. The first-order chi connectivity index (χ1) is 11.1. The fourth-order valence-electron chi connectivity index (χ4n) is 3.54. The highest BCUT2D eigenvalue weighted by atomic mass is 16.5. The molecular formula is C18H27N3O2. The smallest absolute Gasteiger partial charge is 0.225 e. The molecule has 0 bridgehead atoms. The third-order valence-electron chi connectivity index (χ3n) is 4.93. The average Bonchev–Trinajstić information content (AvgIpc) is 3.02. The van der Waals surface area contributed by atoms with Crippen molar-refractivity contribution in [2.75, 3.05) is 38.3 Å². The zero-order valence-electron chi connectivity index (χ0n) is 13.9. The first-order valence-corrected chi connectivity index (χ1v) is 8.55. The first kappa shape index (κ1) is 16.3. The quantitative estimate of drug-likeness (QED) is 0.916. The molecular weight excluding hydrogens is 290 g/mol. The van der Waals surface area contributed by atoms with Crippen LogP contribution in [0.4, 0.5) is 5.69 Å². The van der Waals surface area contributed by atoms with Crippen molar-refractivity contribution in [1.82, 2.24) is 4.90 Å². The molecule has 2 fully saturated rings. The van der Waals surface area contributed by atoms with Gasteiger partial charge in [-0.2, -0.15) is 0 Å². The number of carbonyl (C=O) groups excluding carboxylic acids is 1. The number of nitrogens with zero attached hydrogens (tertiary/aromatic N) is 2. The van der Waals surface area contributed by atoms with Gasteiger partial charge >= 0.3 is 0 Å². The summed E-state index contributed by atoms with van der Waals surface area (Å²) in [7, 11) is 1.89. The molecule has 0 radical (unpaired) electrons. The lowest BCUT2D eigenvalue weighted by molar-refractivity contribution is -0.134. The van der Waals surface area contributed by atoms with Crippen LogP contribution in [0.25, 0.3) is 0 Å². The van der Waals surface area contributed by atoms with Crippen LogP contribution in [0.5, 0.6) is 0 Å². The van der Waals surface area contributed by atoms with Gasteiger partial charge in [-0.3, -0.25) is 4.79 Å². The van der Waals surface area contributed by atoms with Crippen molar-refractivity contribution in [3.05, 3.63) is 29.8 Å². The molecule has 23 heavy (non-hydrogen) atoms. The maximum atomic E-state index is 12.5. The summed E-state index contributed by atoms with van der Waals surface area (Å²) in [4.78, 5) is 16.6. The van der Waals surface area contributed by atoms with Gasteiger partial charge in [-0.05, 0) is 37.0 Å². The molecule has 5 nitrogen and oxygen atoms in total. The Labute approximate surface area is 138 Å². The van der Waals surface area contributed by atoms with Crippen LogP contribution < -0.4 is 10.6 Å². The monoisotopic (exact) mass is 317 g/mol. The molecule has 1 heterocycles. The van der Waals surface area contributed by atoms with Gasteiger partial charge in [0.25, 0.3) is 0 Å². The van der Waals surface area contributed by atoms with Crippen LogP contribution in [0.15, 0.2) is 24.3 Å². The molecule has 1 aliphatic heterocycles. The van der Waals surface area contributed by atoms with E-state index in [2.05, 4.69) is 29.2 Å². The fourth-order valence-corrected chi connectivity index (χ4v) is 3.54. The van der Waals surface area contributed by atoms with Crippen LogP contribution >= 0.6 is 0 Å². The Kier molecular flexibility index (Phi) is 5.18. The Morgan fingerprint density at radius 1 is 1.26 bits per heavy atom. The Balaban J connectivity index is 1.56. The van der Waals surface area contributed by atoms with Crippen molar-refractivity contribution in [2.45, 2.75) is 31.8 Å². The van der Waals surface area contributed by atoms with Gasteiger partial charge in [0.1, 0.15) is 0 Å². The van der Waals surface area contributed by atoms with Crippen molar-refractivity contribution < 1.29 is 9.53 Å². The second-order valence-electron chi connectivity index (χ2n) is 6.73. The molecule has 126 valence electrons. The third-order valence-corrected chi connectivity index (χ3v) is 4.93. The fraction of sp³-hybridized carbons (Fsp3) is 0.611. The maximum absolute atomic E-state index is 12.5. The zero-order valence-corrected chi connectivity index (χ0v) is 13.9. The van der Waals surface area contributed by atoms with E-state index >= 15 is 0 Å². The van der Waals surface area contributed by atoms with E-state index in [1.807, 2.05) is 11.9 Å². The van der Waals surface area contributed by atoms with Gasteiger partial charge in [0.15, 0.2) is 0 Å². The summed E-state index contributed by atoms with van der Waals surface area (Å²) in [6, 6.07) is 8.73. The highest BCUT2D eigenvalue weighted by Gasteiger charge is 2.29. The lowest BCUT2D eigenvalue weighted by Gasteiger charge is -2.29. The van der Waals surface area contributed by atoms with Crippen molar-refractivity contribution in [1.29, 1.82) is 0 Å². The maximum Gasteiger partial charge on any atom is 0.225 e. The second-order valence-corrected chi connectivity index (χ2v) is 6.73. The van der Waals surface area contributed by atoms with E-state index in [0.717, 1.165) is 45.6 Å². The predicted molar refractivity (Wildman–Crippen MR) is 91.3 cm³/mol. The van der Waals surface area contributed by atoms with Gasteiger partial charge in [-0.1, -0.05) is 12.1 Å². The summed E-state index contributed by atoms with van der Waals surface area (Å²) in [6.07, 6.45) is 2.73. The standard InChI is InChI=1S/C18H27N3O2/c1-20(18(22)15-4-5-16(19)12-15)13-14-2-6-17(7-3-14)21-8-10-23-11-9-21/h2-3,6-7,15-16H,4-5,8-13,19H2,1H3/t15-,16+/m0/s1. The number of carbonyl (C=O) groups is 1.